The van der Waals surface area contributed by atoms with Crippen molar-refractivity contribution >= 4 is 11.5 Å². The average molecular weight is 156 g/mol. The molecule has 0 radical (unpaired) electrons. The Bertz CT molecular complexity index is 205. The van der Waals surface area contributed by atoms with E-state index in [0.29, 0.717) is 5.92 Å². The largest absolute Gasteiger partial charge is 0.224 e. The van der Waals surface area contributed by atoms with Crippen LogP contribution in [0.15, 0.2) is 0 Å². The molecule has 0 aliphatic carbocycles. The zero-order chi connectivity index (χ0) is 7.56. The Morgan fingerprint density at radius 2 is 2.20 bits per heavy atom. The van der Waals surface area contributed by atoms with Gasteiger partial charge in [0.2, 0.25) is 0 Å². The SMILES string of the molecule is CCc1nsc(C(C)C)n1. The van der Waals surface area contributed by atoms with Crippen molar-refractivity contribution in [3.8, 4) is 0 Å². The summed E-state index contributed by atoms with van der Waals surface area (Å²) in [5.41, 5.74) is 0. The molecular formula is C7H12N2S. The molecule has 1 aromatic rings. The van der Waals surface area contributed by atoms with Crippen molar-refractivity contribution in [3.63, 3.8) is 0 Å². The van der Waals surface area contributed by atoms with Crippen LogP contribution in [0.5, 0.6) is 0 Å². The van der Waals surface area contributed by atoms with Crippen molar-refractivity contribution in [1.82, 2.24) is 9.36 Å². The standard InChI is InChI=1S/C7H12N2S/c1-4-6-8-7(5(2)3)10-9-6/h5H,4H2,1-3H3. The monoisotopic (exact) mass is 156 g/mol. The fourth-order valence-electron chi connectivity index (χ4n) is 0.646. The minimum atomic E-state index is 0.526. The van der Waals surface area contributed by atoms with Gasteiger partial charge < -0.3 is 0 Å². The van der Waals surface area contributed by atoms with Crippen molar-refractivity contribution in [1.29, 1.82) is 0 Å². The molecule has 0 fully saturated rings. The lowest BCUT2D eigenvalue weighted by molar-refractivity contribution is 0.835. The summed E-state index contributed by atoms with van der Waals surface area (Å²) in [4.78, 5) is 4.34. The fourth-order valence-corrected chi connectivity index (χ4v) is 1.37. The van der Waals surface area contributed by atoms with Gasteiger partial charge in [-0.3, -0.25) is 0 Å². The molecule has 0 saturated carbocycles. The molecule has 0 atom stereocenters. The van der Waals surface area contributed by atoms with E-state index >= 15 is 0 Å². The van der Waals surface area contributed by atoms with E-state index in [-0.39, 0.29) is 0 Å². The molecule has 0 spiro atoms. The first kappa shape index (κ1) is 7.66. The highest BCUT2D eigenvalue weighted by Crippen LogP contribution is 2.15. The van der Waals surface area contributed by atoms with Crippen LogP contribution in [0.2, 0.25) is 0 Å². The third-order valence-corrected chi connectivity index (χ3v) is 2.35. The normalized spacial score (nSPS) is 10.8. The lowest BCUT2D eigenvalue weighted by atomic mass is 10.2. The van der Waals surface area contributed by atoms with E-state index in [9.17, 15) is 0 Å². The summed E-state index contributed by atoms with van der Waals surface area (Å²) in [5, 5.41) is 1.15. The Balaban J connectivity index is 2.78. The van der Waals surface area contributed by atoms with Crippen LogP contribution in [-0.2, 0) is 6.42 Å². The van der Waals surface area contributed by atoms with E-state index in [2.05, 4.69) is 30.1 Å². The van der Waals surface area contributed by atoms with E-state index in [1.807, 2.05) is 0 Å². The average Bonchev–Trinajstić information content (AvgIpc) is 2.34. The molecule has 2 nitrogen and oxygen atoms in total. The van der Waals surface area contributed by atoms with Gasteiger partial charge in [0.05, 0.1) is 0 Å². The van der Waals surface area contributed by atoms with E-state index < -0.39 is 0 Å². The molecule has 0 bridgehead atoms. The topological polar surface area (TPSA) is 25.8 Å². The van der Waals surface area contributed by atoms with Crippen molar-refractivity contribution in [2.24, 2.45) is 0 Å². The summed E-state index contributed by atoms with van der Waals surface area (Å²) in [7, 11) is 0. The maximum atomic E-state index is 4.34. The van der Waals surface area contributed by atoms with Gasteiger partial charge >= 0.3 is 0 Å². The van der Waals surface area contributed by atoms with Crippen LogP contribution in [-0.4, -0.2) is 9.36 Å². The minimum Gasteiger partial charge on any atom is -0.224 e. The summed E-state index contributed by atoms with van der Waals surface area (Å²) >= 11 is 1.52. The molecule has 1 aromatic heterocycles. The van der Waals surface area contributed by atoms with Crippen LogP contribution in [0.1, 0.15) is 37.5 Å². The van der Waals surface area contributed by atoms with Crippen LogP contribution < -0.4 is 0 Å². The summed E-state index contributed by atoms with van der Waals surface area (Å²) < 4.78 is 4.19. The molecule has 0 aliphatic heterocycles. The van der Waals surface area contributed by atoms with Gasteiger partial charge in [0.1, 0.15) is 10.8 Å². The van der Waals surface area contributed by atoms with Gasteiger partial charge in [0.25, 0.3) is 0 Å². The second-order valence-electron chi connectivity index (χ2n) is 2.56. The van der Waals surface area contributed by atoms with Gasteiger partial charge in [-0.15, -0.1) is 0 Å². The first-order valence-electron chi connectivity index (χ1n) is 3.56. The Morgan fingerprint density at radius 3 is 2.50 bits per heavy atom. The van der Waals surface area contributed by atoms with Gasteiger partial charge in [0.15, 0.2) is 0 Å². The van der Waals surface area contributed by atoms with E-state index in [4.69, 9.17) is 0 Å². The predicted octanol–water partition coefficient (Wildman–Crippen LogP) is 2.22. The number of rotatable bonds is 2. The second-order valence-corrected chi connectivity index (χ2v) is 3.34. The molecule has 1 heterocycles. The highest BCUT2D eigenvalue weighted by atomic mass is 32.1. The summed E-state index contributed by atoms with van der Waals surface area (Å²) in [6, 6.07) is 0. The maximum absolute atomic E-state index is 4.34. The van der Waals surface area contributed by atoms with Crippen LogP contribution in [0.4, 0.5) is 0 Å². The van der Waals surface area contributed by atoms with Crippen LogP contribution in [0.3, 0.4) is 0 Å². The lowest BCUT2D eigenvalue weighted by Gasteiger charge is -1.93. The van der Waals surface area contributed by atoms with E-state index in [1.54, 1.807) is 0 Å². The number of nitrogens with zero attached hydrogens (tertiary/aromatic N) is 2. The van der Waals surface area contributed by atoms with E-state index in [0.717, 1.165) is 17.3 Å². The smallest absolute Gasteiger partial charge is 0.142 e. The lowest BCUT2D eigenvalue weighted by Crippen LogP contribution is -1.87. The van der Waals surface area contributed by atoms with Crippen molar-refractivity contribution in [2.75, 3.05) is 0 Å². The summed E-state index contributed by atoms with van der Waals surface area (Å²) in [6.07, 6.45) is 0.948. The van der Waals surface area contributed by atoms with Gasteiger partial charge in [-0.2, -0.15) is 4.37 Å². The third-order valence-electron chi connectivity index (χ3n) is 1.29. The van der Waals surface area contributed by atoms with E-state index in [1.165, 1.54) is 11.5 Å². The van der Waals surface area contributed by atoms with Crippen LogP contribution in [0.25, 0.3) is 0 Å². The van der Waals surface area contributed by atoms with Crippen LogP contribution in [0, 0.1) is 0 Å². The Morgan fingerprint density at radius 1 is 1.50 bits per heavy atom. The molecule has 0 amide bonds. The predicted molar refractivity (Wildman–Crippen MR) is 43.4 cm³/mol. The van der Waals surface area contributed by atoms with Gasteiger partial charge in [-0.25, -0.2) is 4.98 Å². The molecule has 3 heteroatoms. The molecular weight excluding hydrogens is 144 g/mol. The van der Waals surface area contributed by atoms with Crippen molar-refractivity contribution in [2.45, 2.75) is 33.1 Å². The quantitative estimate of drug-likeness (QED) is 0.656. The number of aromatic nitrogens is 2. The highest BCUT2D eigenvalue weighted by molar-refractivity contribution is 7.05. The number of hydrogen-bond acceptors (Lipinski definition) is 3. The number of hydrogen-bond donors (Lipinski definition) is 0. The molecule has 0 N–H and O–H groups in total. The Labute approximate surface area is 65.5 Å². The molecule has 0 unspecified atom stereocenters. The Hall–Kier alpha value is -0.440. The van der Waals surface area contributed by atoms with Gasteiger partial charge in [-0.05, 0) is 11.5 Å². The third kappa shape index (κ3) is 1.53. The number of aryl methyl sites for hydroxylation is 1. The van der Waals surface area contributed by atoms with Crippen molar-refractivity contribution < 1.29 is 0 Å². The second kappa shape index (κ2) is 3.10. The fraction of sp³-hybridized carbons (Fsp3) is 0.714. The Kier molecular flexibility index (Phi) is 2.38. The zero-order valence-electron chi connectivity index (χ0n) is 6.59. The molecule has 0 aliphatic rings. The molecule has 1 rings (SSSR count). The minimum absolute atomic E-state index is 0.526. The van der Waals surface area contributed by atoms with Gasteiger partial charge in [0, 0.05) is 12.3 Å². The summed E-state index contributed by atoms with van der Waals surface area (Å²) in [6.45, 7) is 6.35. The highest BCUT2D eigenvalue weighted by Gasteiger charge is 2.04. The molecule has 10 heavy (non-hydrogen) atoms. The summed E-state index contributed by atoms with van der Waals surface area (Å²) in [5.74, 6) is 1.51. The first-order valence-corrected chi connectivity index (χ1v) is 4.33. The maximum Gasteiger partial charge on any atom is 0.142 e. The molecule has 56 valence electrons. The molecule has 0 saturated heterocycles. The van der Waals surface area contributed by atoms with Gasteiger partial charge in [-0.1, -0.05) is 20.8 Å². The molecule has 0 aromatic carbocycles. The zero-order valence-corrected chi connectivity index (χ0v) is 7.40. The van der Waals surface area contributed by atoms with Crippen molar-refractivity contribution in [3.05, 3.63) is 10.8 Å². The van der Waals surface area contributed by atoms with Crippen LogP contribution >= 0.6 is 11.5 Å². The first-order chi connectivity index (χ1) is 4.74.